The summed E-state index contributed by atoms with van der Waals surface area (Å²) < 4.78 is 1.63. The molecule has 0 unspecified atom stereocenters. The Kier molecular flexibility index (Phi) is 5.97. The number of hydrogen-bond donors (Lipinski definition) is 2. The lowest BCUT2D eigenvalue weighted by Gasteiger charge is -2.31. The summed E-state index contributed by atoms with van der Waals surface area (Å²) in [6.07, 6.45) is 3.74. The minimum atomic E-state index is 0.379. The highest BCUT2D eigenvalue weighted by molar-refractivity contribution is 5.78. The third-order valence-electron chi connectivity index (χ3n) is 5.06. The molecular weight excluding hydrogens is 338 g/mol. The molecule has 0 spiro atoms. The highest BCUT2D eigenvalue weighted by atomic mass is 15.3. The van der Waals surface area contributed by atoms with Gasteiger partial charge >= 0.3 is 0 Å². The number of rotatable bonds is 5. The molecule has 142 valence electrons. The van der Waals surface area contributed by atoms with Crippen LogP contribution in [0.4, 0.5) is 5.82 Å². The molecule has 1 aromatic carbocycles. The van der Waals surface area contributed by atoms with Crippen LogP contribution < -0.4 is 11.5 Å². The van der Waals surface area contributed by atoms with Gasteiger partial charge in [-0.3, -0.25) is 4.99 Å². The Hall–Kier alpha value is -3.01. The van der Waals surface area contributed by atoms with Crippen LogP contribution in [0.2, 0.25) is 0 Å². The topological polar surface area (TPSA) is 109 Å². The Bertz CT molecular complexity index is 824. The standard InChI is InChI=1S/C20H27N7/c1-15-9-12-26(13-10-15)20(23)24-11-5-8-18-17(14-21)19(22)27(25-18)16-6-3-2-4-7-16/h2-4,6-7,15H,5,8-13,22H2,1H3,(H2,23,24). The third kappa shape index (κ3) is 4.40. The number of aromatic nitrogens is 2. The minimum absolute atomic E-state index is 0.379. The smallest absolute Gasteiger partial charge is 0.191 e. The summed E-state index contributed by atoms with van der Waals surface area (Å²) in [5.41, 5.74) is 14.2. The number of nitriles is 1. The largest absolute Gasteiger partial charge is 0.382 e. The highest BCUT2D eigenvalue weighted by Gasteiger charge is 2.18. The first-order chi connectivity index (χ1) is 13.1. The molecule has 1 aromatic heterocycles. The fourth-order valence-corrected chi connectivity index (χ4v) is 3.32. The number of nitrogen functional groups attached to an aromatic ring is 1. The highest BCUT2D eigenvalue weighted by Crippen LogP contribution is 2.21. The number of nitrogens with zero attached hydrogens (tertiary/aromatic N) is 5. The summed E-state index contributed by atoms with van der Waals surface area (Å²) in [4.78, 5) is 6.66. The molecule has 7 heteroatoms. The van der Waals surface area contributed by atoms with Crippen molar-refractivity contribution in [2.45, 2.75) is 32.6 Å². The summed E-state index contributed by atoms with van der Waals surface area (Å²) in [7, 11) is 0. The average molecular weight is 365 g/mol. The van der Waals surface area contributed by atoms with Gasteiger partial charge in [0.05, 0.1) is 11.4 Å². The van der Waals surface area contributed by atoms with Crippen molar-refractivity contribution in [2.75, 3.05) is 25.4 Å². The number of guanidine groups is 1. The number of nitrogens with two attached hydrogens (primary N) is 2. The van der Waals surface area contributed by atoms with Crippen LogP contribution in [-0.4, -0.2) is 40.3 Å². The number of hydrogen-bond acceptors (Lipinski definition) is 4. The number of para-hydroxylation sites is 1. The van der Waals surface area contributed by atoms with Gasteiger partial charge < -0.3 is 16.4 Å². The lowest BCUT2D eigenvalue weighted by atomic mass is 10.00. The van der Waals surface area contributed by atoms with Crippen molar-refractivity contribution >= 4 is 11.8 Å². The Morgan fingerprint density at radius 2 is 2.00 bits per heavy atom. The summed E-state index contributed by atoms with van der Waals surface area (Å²) in [6.45, 7) is 4.85. The second-order valence-corrected chi connectivity index (χ2v) is 7.08. The van der Waals surface area contributed by atoms with Crippen molar-refractivity contribution in [3.8, 4) is 11.8 Å². The van der Waals surface area contributed by atoms with E-state index in [0.717, 1.165) is 44.0 Å². The van der Waals surface area contributed by atoms with Gasteiger partial charge in [0.2, 0.25) is 0 Å². The molecule has 0 atom stereocenters. The maximum Gasteiger partial charge on any atom is 0.191 e. The third-order valence-corrected chi connectivity index (χ3v) is 5.06. The number of benzene rings is 1. The van der Waals surface area contributed by atoms with E-state index in [-0.39, 0.29) is 0 Å². The molecule has 0 amide bonds. The number of likely N-dealkylation sites (tertiary alicyclic amines) is 1. The maximum atomic E-state index is 9.46. The second kappa shape index (κ2) is 8.58. The van der Waals surface area contributed by atoms with Gasteiger partial charge in [-0.1, -0.05) is 25.1 Å². The average Bonchev–Trinajstić information content (AvgIpc) is 3.01. The van der Waals surface area contributed by atoms with Crippen LogP contribution in [0, 0.1) is 17.2 Å². The normalized spacial score (nSPS) is 15.7. The van der Waals surface area contributed by atoms with Crippen LogP contribution in [0.15, 0.2) is 35.3 Å². The Labute approximate surface area is 160 Å². The number of piperidine rings is 1. The second-order valence-electron chi connectivity index (χ2n) is 7.08. The molecule has 4 N–H and O–H groups in total. The van der Waals surface area contributed by atoms with Gasteiger partial charge in [-0.25, -0.2) is 4.68 Å². The molecule has 1 aliphatic heterocycles. The van der Waals surface area contributed by atoms with Gasteiger partial charge in [0.1, 0.15) is 17.5 Å². The SMILES string of the molecule is CC1CCN(C(N)=NCCCc2nn(-c3ccccc3)c(N)c2C#N)CC1. The minimum Gasteiger partial charge on any atom is -0.382 e. The molecule has 0 aliphatic carbocycles. The van der Waals surface area contributed by atoms with Crippen LogP contribution in [0.3, 0.4) is 0 Å². The van der Waals surface area contributed by atoms with E-state index in [1.807, 2.05) is 30.3 Å². The summed E-state index contributed by atoms with van der Waals surface area (Å²) >= 11 is 0. The van der Waals surface area contributed by atoms with E-state index < -0.39 is 0 Å². The van der Waals surface area contributed by atoms with Crippen LogP contribution in [0.1, 0.15) is 37.4 Å². The zero-order valence-corrected chi connectivity index (χ0v) is 15.8. The van der Waals surface area contributed by atoms with Gasteiger partial charge in [0.15, 0.2) is 5.96 Å². The molecule has 3 rings (SSSR count). The molecule has 2 aromatic rings. The Morgan fingerprint density at radius 3 is 2.67 bits per heavy atom. The van der Waals surface area contributed by atoms with Gasteiger partial charge in [0.25, 0.3) is 0 Å². The van der Waals surface area contributed by atoms with Crippen molar-refractivity contribution in [1.29, 1.82) is 5.26 Å². The quantitative estimate of drug-likeness (QED) is 0.480. The summed E-state index contributed by atoms with van der Waals surface area (Å²) in [5.74, 6) is 1.77. The van der Waals surface area contributed by atoms with E-state index in [2.05, 4.69) is 28.0 Å². The van der Waals surface area contributed by atoms with Crippen LogP contribution in [0.25, 0.3) is 5.69 Å². The van der Waals surface area contributed by atoms with Crippen LogP contribution in [-0.2, 0) is 6.42 Å². The molecular formula is C20H27N7. The molecule has 7 nitrogen and oxygen atoms in total. The van der Waals surface area contributed by atoms with E-state index in [9.17, 15) is 5.26 Å². The van der Waals surface area contributed by atoms with Crippen molar-refractivity contribution in [2.24, 2.45) is 16.6 Å². The molecule has 0 saturated carbocycles. The first kappa shape index (κ1) is 18.8. The van der Waals surface area contributed by atoms with Crippen LogP contribution in [0.5, 0.6) is 0 Å². The fraction of sp³-hybridized carbons (Fsp3) is 0.450. The molecule has 0 radical (unpaired) electrons. The predicted octanol–water partition coefficient (Wildman–Crippen LogP) is 2.31. The molecule has 1 fully saturated rings. The van der Waals surface area contributed by atoms with Gasteiger partial charge in [-0.2, -0.15) is 10.4 Å². The van der Waals surface area contributed by atoms with E-state index in [4.69, 9.17) is 11.5 Å². The number of aliphatic imine (C=N–C) groups is 1. The Balaban J connectivity index is 1.61. The van der Waals surface area contributed by atoms with E-state index in [0.29, 0.717) is 36.0 Å². The monoisotopic (exact) mass is 365 g/mol. The van der Waals surface area contributed by atoms with Crippen LogP contribution >= 0.6 is 0 Å². The van der Waals surface area contributed by atoms with E-state index in [1.165, 1.54) is 0 Å². The van der Waals surface area contributed by atoms with Crippen molar-refractivity contribution in [3.05, 3.63) is 41.6 Å². The Morgan fingerprint density at radius 1 is 1.30 bits per heavy atom. The first-order valence-corrected chi connectivity index (χ1v) is 9.48. The molecule has 2 heterocycles. The van der Waals surface area contributed by atoms with E-state index in [1.54, 1.807) is 4.68 Å². The maximum absolute atomic E-state index is 9.46. The van der Waals surface area contributed by atoms with Gasteiger partial charge in [-0.15, -0.1) is 0 Å². The van der Waals surface area contributed by atoms with Gasteiger partial charge in [-0.05, 0) is 43.7 Å². The molecule has 27 heavy (non-hydrogen) atoms. The predicted molar refractivity (Wildman–Crippen MR) is 107 cm³/mol. The van der Waals surface area contributed by atoms with Gasteiger partial charge in [0, 0.05) is 19.6 Å². The molecule has 1 saturated heterocycles. The zero-order chi connectivity index (χ0) is 19.2. The first-order valence-electron chi connectivity index (χ1n) is 9.48. The van der Waals surface area contributed by atoms with E-state index >= 15 is 0 Å². The lowest BCUT2D eigenvalue weighted by Crippen LogP contribution is -2.42. The lowest BCUT2D eigenvalue weighted by molar-refractivity contribution is 0.277. The van der Waals surface area contributed by atoms with Crippen molar-refractivity contribution in [3.63, 3.8) is 0 Å². The number of anilines is 1. The molecule has 0 bridgehead atoms. The zero-order valence-electron chi connectivity index (χ0n) is 15.8. The summed E-state index contributed by atoms with van der Waals surface area (Å²) in [6, 6.07) is 11.8. The van der Waals surface area contributed by atoms with Crippen molar-refractivity contribution < 1.29 is 0 Å². The number of aryl methyl sites for hydroxylation is 1. The molecule has 1 aliphatic rings. The summed E-state index contributed by atoms with van der Waals surface area (Å²) in [5, 5.41) is 14.0. The van der Waals surface area contributed by atoms with Crippen molar-refractivity contribution in [1.82, 2.24) is 14.7 Å². The fourth-order valence-electron chi connectivity index (χ4n) is 3.32.